The average molecular weight is 280 g/mol. The lowest BCUT2D eigenvalue weighted by Gasteiger charge is -2.13. The Kier molecular flexibility index (Phi) is 4.32. The van der Waals surface area contributed by atoms with Crippen molar-refractivity contribution in [3.05, 3.63) is 46.6 Å². The minimum atomic E-state index is -0.287. The van der Waals surface area contributed by atoms with Crippen LogP contribution >= 0.6 is 11.6 Å². The van der Waals surface area contributed by atoms with E-state index in [1.807, 2.05) is 6.92 Å². The van der Waals surface area contributed by atoms with Gasteiger partial charge in [0.15, 0.2) is 0 Å². The molecule has 2 aromatic rings. The molecule has 5 heteroatoms. The fraction of sp³-hybridized carbons (Fsp3) is 0.286. The van der Waals surface area contributed by atoms with Gasteiger partial charge in [-0.15, -0.1) is 0 Å². The van der Waals surface area contributed by atoms with Gasteiger partial charge in [-0.25, -0.2) is 14.4 Å². The summed E-state index contributed by atoms with van der Waals surface area (Å²) in [5.74, 6) is 0.348. The van der Waals surface area contributed by atoms with Crippen LogP contribution in [-0.2, 0) is 6.42 Å². The molecule has 0 aliphatic carbocycles. The SMILES string of the molecule is CCCc1c(Cl)ncnc1Nc1cc(F)ccc1C. The summed E-state index contributed by atoms with van der Waals surface area (Å²) in [5.41, 5.74) is 2.49. The summed E-state index contributed by atoms with van der Waals surface area (Å²) >= 11 is 6.08. The summed E-state index contributed by atoms with van der Waals surface area (Å²) in [5, 5.41) is 3.57. The second-order valence-electron chi connectivity index (χ2n) is 4.33. The number of hydrogen-bond donors (Lipinski definition) is 1. The molecule has 0 aliphatic heterocycles. The molecule has 0 radical (unpaired) electrons. The third-order valence-electron chi connectivity index (χ3n) is 2.85. The summed E-state index contributed by atoms with van der Waals surface area (Å²) in [4.78, 5) is 8.18. The lowest BCUT2D eigenvalue weighted by Crippen LogP contribution is -2.02. The highest BCUT2D eigenvalue weighted by atomic mass is 35.5. The predicted octanol–water partition coefficient (Wildman–Crippen LogP) is 4.27. The number of halogens is 2. The molecule has 2 rings (SSSR count). The molecule has 0 saturated carbocycles. The molecule has 0 atom stereocenters. The van der Waals surface area contributed by atoms with Gasteiger partial charge in [-0.05, 0) is 31.0 Å². The second-order valence-corrected chi connectivity index (χ2v) is 4.68. The van der Waals surface area contributed by atoms with Crippen molar-refractivity contribution in [2.24, 2.45) is 0 Å². The van der Waals surface area contributed by atoms with Crippen LogP contribution in [0.2, 0.25) is 5.15 Å². The van der Waals surface area contributed by atoms with E-state index in [0.29, 0.717) is 16.7 Å². The van der Waals surface area contributed by atoms with E-state index in [1.165, 1.54) is 18.5 Å². The highest BCUT2D eigenvalue weighted by Gasteiger charge is 2.10. The molecule has 0 spiro atoms. The molecule has 0 amide bonds. The molecule has 1 aromatic carbocycles. The number of rotatable bonds is 4. The Morgan fingerprint density at radius 2 is 2.11 bits per heavy atom. The standard InChI is InChI=1S/C14H15ClFN3/c1-3-4-11-13(15)17-8-18-14(11)19-12-7-10(16)6-5-9(12)2/h5-8H,3-4H2,1-2H3,(H,17,18,19). The maximum atomic E-state index is 13.3. The lowest BCUT2D eigenvalue weighted by molar-refractivity contribution is 0.628. The largest absolute Gasteiger partial charge is 0.340 e. The molecule has 0 saturated heterocycles. The van der Waals surface area contributed by atoms with Crippen LogP contribution in [0.15, 0.2) is 24.5 Å². The zero-order chi connectivity index (χ0) is 13.8. The Hall–Kier alpha value is -1.68. The van der Waals surface area contributed by atoms with Crippen molar-refractivity contribution in [1.29, 1.82) is 0 Å². The third-order valence-corrected chi connectivity index (χ3v) is 3.17. The monoisotopic (exact) mass is 279 g/mol. The summed E-state index contributed by atoms with van der Waals surface area (Å²) in [6.45, 7) is 3.96. The number of aryl methyl sites for hydroxylation is 1. The van der Waals surface area contributed by atoms with Gasteiger partial charge in [-0.2, -0.15) is 0 Å². The van der Waals surface area contributed by atoms with Crippen molar-refractivity contribution in [1.82, 2.24) is 9.97 Å². The van der Waals surface area contributed by atoms with Gasteiger partial charge in [0.25, 0.3) is 0 Å². The minimum Gasteiger partial charge on any atom is -0.340 e. The smallest absolute Gasteiger partial charge is 0.138 e. The molecule has 100 valence electrons. The molecular formula is C14H15ClFN3. The topological polar surface area (TPSA) is 37.8 Å². The van der Waals surface area contributed by atoms with Crippen LogP contribution < -0.4 is 5.32 Å². The van der Waals surface area contributed by atoms with Crippen molar-refractivity contribution in [2.75, 3.05) is 5.32 Å². The highest BCUT2D eigenvalue weighted by Crippen LogP contribution is 2.26. The van der Waals surface area contributed by atoms with Crippen LogP contribution in [0.5, 0.6) is 0 Å². The van der Waals surface area contributed by atoms with Gasteiger partial charge in [0.2, 0.25) is 0 Å². The van der Waals surface area contributed by atoms with Crippen LogP contribution in [0.3, 0.4) is 0 Å². The molecule has 1 N–H and O–H groups in total. The maximum Gasteiger partial charge on any atom is 0.138 e. The summed E-state index contributed by atoms with van der Waals surface area (Å²) in [6.07, 6.45) is 3.11. The Morgan fingerprint density at radius 3 is 2.84 bits per heavy atom. The van der Waals surface area contributed by atoms with Gasteiger partial charge in [0.1, 0.15) is 23.1 Å². The van der Waals surface area contributed by atoms with E-state index < -0.39 is 0 Å². The highest BCUT2D eigenvalue weighted by molar-refractivity contribution is 6.30. The molecule has 1 heterocycles. The first kappa shape index (κ1) is 13.7. The Balaban J connectivity index is 2.37. The molecular weight excluding hydrogens is 265 g/mol. The normalized spacial score (nSPS) is 10.5. The van der Waals surface area contributed by atoms with Crippen molar-refractivity contribution < 1.29 is 4.39 Å². The van der Waals surface area contributed by atoms with Gasteiger partial charge in [-0.3, -0.25) is 0 Å². The van der Waals surface area contributed by atoms with Crippen molar-refractivity contribution in [2.45, 2.75) is 26.7 Å². The van der Waals surface area contributed by atoms with Gasteiger partial charge in [-0.1, -0.05) is 31.0 Å². The molecule has 0 fully saturated rings. The van der Waals surface area contributed by atoms with Crippen LogP contribution in [-0.4, -0.2) is 9.97 Å². The lowest BCUT2D eigenvalue weighted by atomic mass is 10.1. The minimum absolute atomic E-state index is 0.287. The van der Waals surface area contributed by atoms with Crippen molar-refractivity contribution in [3.8, 4) is 0 Å². The van der Waals surface area contributed by atoms with E-state index in [0.717, 1.165) is 24.0 Å². The molecule has 0 aliphatic rings. The Labute approximate surface area is 116 Å². The number of nitrogens with zero attached hydrogens (tertiary/aromatic N) is 2. The Bertz CT molecular complexity index is 587. The van der Waals surface area contributed by atoms with Gasteiger partial charge < -0.3 is 5.32 Å². The van der Waals surface area contributed by atoms with E-state index >= 15 is 0 Å². The molecule has 0 bridgehead atoms. The number of benzene rings is 1. The second kappa shape index (κ2) is 5.97. The first-order chi connectivity index (χ1) is 9.11. The van der Waals surface area contributed by atoms with Gasteiger partial charge in [0, 0.05) is 11.3 Å². The van der Waals surface area contributed by atoms with E-state index in [4.69, 9.17) is 11.6 Å². The van der Waals surface area contributed by atoms with Crippen LogP contribution in [0.1, 0.15) is 24.5 Å². The van der Waals surface area contributed by atoms with Crippen molar-refractivity contribution >= 4 is 23.1 Å². The first-order valence-corrected chi connectivity index (χ1v) is 6.52. The zero-order valence-electron chi connectivity index (χ0n) is 10.9. The summed E-state index contributed by atoms with van der Waals surface area (Å²) in [6, 6.07) is 4.60. The number of hydrogen-bond acceptors (Lipinski definition) is 3. The number of anilines is 2. The van der Waals surface area contributed by atoms with Crippen LogP contribution in [0.4, 0.5) is 15.9 Å². The average Bonchev–Trinajstić information content (AvgIpc) is 2.38. The van der Waals surface area contributed by atoms with E-state index in [9.17, 15) is 4.39 Å². The van der Waals surface area contributed by atoms with Crippen molar-refractivity contribution in [3.63, 3.8) is 0 Å². The number of nitrogens with one attached hydrogen (secondary N) is 1. The van der Waals surface area contributed by atoms with E-state index in [2.05, 4.69) is 22.2 Å². The third kappa shape index (κ3) is 3.20. The summed E-state index contributed by atoms with van der Waals surface area (Å²) in [7, 11) is 0. The van der Waals surface area contributed by atoms with E-state index in [1.54, 1.807) is 6.07 Å². The fourth-order valence-corrected chi connectivity index (χ4v) is 2.05. The molecule has 19 heavy (non-hydrogen) atoms. The first-order valence-electron chi connectivity index (χ1n) is 6.14. The summed E-state index contributed by atoms with van der Waals surface area (Å²) < 4.78 is 13.3. The molecule has 0 unspecified atom stereocenters. The maximum absolute atomic E-state index is 13.3. The van der Waals surface area contributed by atoms with E-state index in [-0.39, 0.29) is 5.82 Å². The van der Waals surface area contributed by atoms with Crippen LogP contribution in [0.25, 0.3) is 0 Å². The molecule has 3 nitrogen and oxygen atoms in total. The van der Waals surface area contributed by atoms with Gasteiger partial charge >= 0.3 is 0 Å². The van der Waals surface area contributed by atoms with Gasteiger partial charge in [0.05, 0.1) is 0 Å². The predicted molar refractivity (Wildman–Crippen MR) is 75.5 cm³/mol. The van der Waals surface area contributed by atoms with Crippen LogP contribution in [0, 0.1) is 12.7 Å². The zero-order valence-corrected chi connectivity index (χ0v) is 11.6. The molecule has 1 aromatic heterocycles. The Morgan fingerprint density at radius 1 is 1.32 bits per heavy atom. The fourth-order valence-electron chi connectivity index (χ4n) is 1.83. The number of aromatic nitrogens is 2. The quantitative estimate of drug-likeness (QED) is 0.849.